The second-order valence-corrected chi connectivity index (χ2v) is 5.00. The molecule has 0 aliphatic heterocycles. The summed E-state index contributed by atoms with van der Waals surface area (Å²) < 4.78 is 15.3. The molecule has 0 saturated carbocycles. The van der Waals surface area contributed by atoms with Crippen molar-refractivity contribution in [3.05, 3.63) is 53.1 Å². The molecule has 0 fully saturated rings. The average molecular weight is 291 g/mol. The van der Waals surface area contributed by atoms with Crippen LogP contribution in [0.1, 0.15) is 18.5 Å². The Bertz CT molecular complexity index is 782. The third-order valence-electron chi connectivity index (χ3n) is 3.10. The number of benzene rings is 1. The summed E-state index contributed by atoms with van der Waals surface area (Å²) in [5.41, 5.74) is 8.76. The summed E-state index contributed by atoms with van der Waals surface area (Å²) in [6.45, 7) is 1.85. The van der Waals surface area contributed by atoms with Crippen LogP contribution in [0.15, 0.2) is 36.7 Å². The summed E-state index contributed by atoms with van der Waals surface area (Å²) in [7, 11) is 0. The highest BCUT2D eigenvalue weighted by atomic mass is 35.5. The maximum Gasteiger partial charge on any atom is 0.153 e. The number of nitrogens with zero attached hydrogens (tertiary/aromatic N) is 3. The van der Waals surface area contributed by atoms with Gasteiger partial charge in [0, 0.05) is 29.6 Å². The van der Waals surface area contributed by atoms with E-state index in [1.54, 1.807) is 23.0 Å². The number of halogens is 2. The van der Waals surface area contributed by atoms with Gasteiger partial charge >= 0.3 is 0 Å². The van der Waals surface area contributed by atoms with Gasteiger partial charge in [-0.1, -0.05) is 17.7 Å². The van der Waals surface area contributed by atoms with Gasteiger partial charge in [-0.2, -0.15) is 5.10 Å². The van der Waals surface area contributed by atoms with Gasteiger partial charge in [0.15, 0.2) is 5.65 Å². The standard InChI is InChI=1S/C14H12ClFN4/c1-8(17)10-7-13-18-4-5-20(13)19-14(10)9-2-3-11(15)12(16)6-9/h2-8H,17H2,1H3/t8-/m0/s1. The van der Waals surface area contributed by atoms with Gasteiger partial charge in [0.2, 0.25) is 0 Å². The first-order valence-electron chi connectivity index (χ1n) is 6.11. The van der Waals surface area contributed by atoms with E-state index >= 15 is 0 Å². The lowest BCUT2D eigenvalue weighted by Gasteiger charge is -2.12. The van der Waals surface area contributed by atoms with E-state index in [0.29, 0.717) is 16.9 Å². The quantitative estimate of drug-likeness (QED) is 0.788. The average Bonchev–Trinajstić information content (AvgIpc) is 2.87. The molecular formula is C14H12ClFN4. The second kappa shape index (κ2) is 4.85. The van der Waals surface area contributed by atoms with Gasteiger partial charge in [-0.25, -0.2) is 13.9 Å². The summed E-state index contributed by atoms with van der Waals surface area (Å²) >= 11 is 5.71. The maximum atomic E-state index is 13.6. The monoisotopic (exact) mass is 290 g/mol. The van der Waals surface area contributed by atoms with Crippen molar-refractivity contribution in [3.8, 4) is 11.3 Å². The van der Waals surface area contributed by atoms with E-state index in [9.17, 15) is 4.39 Å². The Hall–Kier alpha value is -1.98. The van der Waals surface area contributed by atoms with E-state index in [-0.39, 0.29) is 11.1 Å². The molecule has 0 aliphatic rings. The minimum absolute atomic E-state index is 0.0832. The number of nitrogens with two attached hydrogens (primary N) is 1. The van der Waals surface area contributed by atoms with E-state index in [1.165, 1.54) is 12.1 Å². The molecule has 102 valence electrons. The van der Waals surface area contributed by atoms with Crippen LogP contribution in [0.3, 0.4) is 0 Å². The molecule has 20 heavy (non-hydrogen) atoms. The molecule has 3 aromatic rings. The van der Waals surface area contributed by atoms with Crippen LogP contribution in [-0.4, -0.2) is 14.6 Å². The van der Waals surface area contributed by atoms with Crippen molar-refractivity contribution in [2.45, 2.75) is 13.0 Å². The lowest BCUT2D eigenvalue weighted by Crippen LogP contribution is -2.10. The highest BCUT2D eigenvalue weighted by Crippen LogP contribution is 2.28. The Morgan fingerprint density at radius 1 is 1.35 bits per heavy atom. The Morgan fingerprint density at radius 2 is 2.15 bits per heavy atom. The topological polar surface area (TPSA) is 56.2 Å². The fourth-order valence-corrected chi connectivity index (χ4v) is 2.20. The minimum atomic E-state index is -0.479. The molecule has 1 aromatic carbocycles. The summed E-state index contributed by atoms with van der Waals surface area (Å²) in [6.07, 6.45) is 3.38. The van der Waals surface area contributed by atoms with Crippen LogP contribution in [0.4, 0.5) is 4.39 Å². The van der Waals surface area contributed by atoms with Crippen molar-refractivity contribution in [2.24, 2.45) is 5.73 Å². The van der Waals surface area contributed by atoms with Crippen LogP contribution < -0.4 is 5.73 Å². The zero-order chi connectivity index (χ0) is 14.3. The van der Waals surface area contributed by atoms with E-state index in [4.69, 9.17) is 17.3 Å². The van der Waals surface area contributed by atoms with Crippen LogP contribution in [0.25, 0.3) is 16.9 Å². The smallest absolute Gasteiger partial charge is 0.153 e. The van der Waals surface area contributed by atoms with Gasteiger partial charge in [0.1, 0.15) is 5.82 Å². The van der Waals surface area contributed by atoms with Crippen LogP contribution in [0.5, 0.6) is 0 Å². The van der Waals surface area contributed by atoms with Gasteiger partial charge in [-0.3, -0.25) is 0 Å². The molecule has 0 bridgehead atoms. The molecule has 0 radical (unpaired) electrons. The van der Waals surface area contributed by atoms with Crippen molar-refractivity contribution < 1.29 is 4.39 Å². The fraction of sp³-hybridized carbons (Fsp3) is 0.143. The van der Waals surface area contributed by atoms with E-state index in [1.807, 2.05) is 13.0 Å². The first kappa shape index (κ1) is 13.0. The Balaban J connectivity index is 2.26. The third kappa shape index (κ3) is 2.15. The predicted octanol–water partition coefficient (Wildman–Crippen LogP) is 3.21. The van der Waals surface area contributed by atoms with E-state index in [0.717, 1.165) is 5.56 Å². The molecule has 1 atom stereocenters. The normalized spacial score (nSPS) is 12.8. The van der Waals surface area contributed by atoms with E-state index < -0.39 is 5.82 Å². The molecule has 2 N–H and O–H groups in total. The second-order valence-electron chi connectivity index (χ2n) is 4.60. The lowest BCUT2D eigenvalue weighted by molar-refractivity contribution is 0.628. The molecule has 0 amide bonds. The molecule has 0 unspecified atom stereocenters. The van der Waals surface area contributed by atoms with Crippen molar-refractivity contribution in [1.29, 1.82) is 0 Å². The van der Waals surface area contributed by atoms with Crippen molar-refractivity contribution in [3.63, 3.8) is 0 Å². The highest BCUT2D eigenvalue weighted by molar-refractivity contribution is 6.30. The van der Waals surface area contributed by atoms with Crippen molar-refractivity contribution in [2.75, 3.05) is 0 Å². The summed E-state index contributed by atoms with van der Waals surface area (Å²) in [6, 6.07) is 6.22. The number of aromatic nitrogens is 3. The van der Waals surface area contributed by atoms with Crippen molar-refractivity contribution >= 4 is 17.2 Å². The van der Waals surface area contributed by atoms with Crippen LogP contribution >= 0.6 is 11.6 Å². The summed E-state index contributed by atoms with van der Waals surface area (Å²) in [4.78, 5) is 4.18. The molecular weight excluding hydrogens is 279 g/mol. The van der Waals surface area contributed by atoms with Gasteiger partial charge in [-0.05, 0) is 25.1 Å². The number of rotatable bonds is 2. The van der Waals surface area contributed by atoms with Crippen LogP contribution in [0.2, 0.25) is 5.02 Å². The maximum absolute atomic E-state index is 13.6. The number of imidazole rings is 1. The fourth-order valence-electron chi connectivity index (χ4n) is 2.08. The molecule has 0 saturated heterocycles. The Labute approximate surface area is 120 Å². The minimum Gasteiger partial charge on any atom is -0.324 e. The zero-order valence-corrected chi connectivity index (χ0v) is 11.5. The van der Waals surface area contributed by atoms with Gasteiger partial charge in [-0.15, -0.1) is 0 Å². The molecule has 4 nitrogen and oxygen atoms in total. The zero-order valence-electron chi connectivity index (χ0n) is 10.7. The number of fused-ring (bicyclic) bond motifs is 1. The van der Waals surface area contributed by atoms with Crippen LogP contribution in [0, 0.1) is 5.82 Å². The number of hydrogen-bond acceptors (Lipinski definition) is 3. The summed E-state index contributed by atoms with van der Waals surface area (Å²) in [5, 5.41) is 4.55. The van der Waals surface area contributed by atoms with Crippen molar-refractivity contribution in [1.82, 2.24) is 14.6 Å². The Kier molecular flexibility index (Phi) is 3.16. The highest BCUT2D eigenvalue weighted by Gasteiger charge is 2.14. The van der Waals surface area contributed by atoms with Gasteiger partial charge in [0.05, 0.1) is 10.7 Å². The lowest BCUT2D eigenvalue weighted by atomic mass is 10.0. The third-order valence-corrected chi connectivity index (χ3v) is 3.41. The molecule has 0 aliphatic carbocycles. The molecule has 0 spiro atoms. The first-order chi connectivity index (χ1) is 9.56. The molecule has 2 aromatic heterocycles. The molecule has 6 heteroatoms. The summed E-state index contributed by atoms with van der Waals surface area (Å²) in [5.74, 6) is -0.479. The van der Waals surface area contributed by atoms with Gasteiger partial charge < -0.3 is 5.73 Å². The first-order valence-corrected chi connectivity index (χ1v) is 6.49. The van der Waals surface area contributed by atoms with E-state index in [2.05, 4.69) is 10.1 Å². The molecule has 2 heterocycles. The van der Waals surface area contributed by atoms with Gasteiger partial charge in [0.25, 0.3) is 0 Å². The van der Waals surface area contributed by atoms with Crippen LogP contribution in [-0.2, 0) is 0 Å². The largest absolute Gasteiger partial charge is 0.324 e. The SMILES string of the molecule is C[C@H](N)c1cc2nccn2nc1-c1ccc(Cl)c(F)c1. The molecule has 3 rings (SSSR count). The Morgan fingerprint density at radius 3 is 2.85 bits per heavy atom. The predicted molar refractivity (Wildman–Crippen MR) is 76.0 cm³/mol. The number of hydrogen-bond donors (Lipinski definition) is 1.